The van der Waals surface area contributed by atoms with Gasteiger partial charge in [-0.25, -0.2) is 4.79 Å². The van der Waals surface area contributed by atoms with Gasteiger partial charge in [0.05, 0.1) is 0 Å². The van der Waals surface area contributed by atoms with Crippen molar-refractivity contribution in [3.8, 4) is 11.1 Å². The van der Waals surface area contributed by atoms with Gasteiger partial charge in [0, 0.05) is 18.0 Å². The zero-order valence-electron chi connectivity index (χ0n) is 24.0. The Balaban J connectivity index is 1.53. The van der Waals surface area contributed by atoms with Crippen molar-refractivity contribution in [1.29, 1.82) is 0 Å². The molecule has 0 aromatic heterocycles. The molecule has 0 radical (unpaired) electrons. The summed E-state index contributed by atoms with van der Waals surface area (Å²) in [6.45, 7) is 5.28. The van der Waals surface area contributed by atoms with E-state index >= 15 is 0 Å². The van der Waals surface area contributed by atoms with Crippen molar-refractivity contribution in [2.75, 3.05) is 12.8 Å². The van der Waals surface area contributed by atoms with Gasteiger partial charge in [-0.2, -0.15) is 0 Å². The summed E-state index contributed by atoms with van der Waals surface area (Å²) in [5, 5.41) is 5.16. The highest BCUT2D eigenvalue weighted by molar-refractivity contribution is 7.58. The van der Waals surface area contributed by atoms with E-state index < -0.39 is 49.2 Å². The largest absolute Gasteiger partial charge is 0.449 e. The SMILES string of the molecule is CC(C)CC(CP(=O)(O)[C@@H](NC(=O)OCC1c2ccccc2-c2ccccc21)c1ccccc1)C(=O)N[C@@H](C)C(N)=O. The summed E-state index contributed by atoms with van der Waals surface area (Å²) in [5.74, 6) is -3.61. The minimum atomic E-state index is -4.26. The van der Waals surface area contributed by atoms with Crippen molar-refractivity contribution in [2.45, 2.75) is 44.9 Å². The topological polar surface area (TPSA) is 148 Å². The van der Waals surface area contributed by atoms with E-state index in [9.17, 15) is 23.8 Å². The fraction of sp³-hybridized carbons (Fsp3) is 0.344. The quantitative estimate of drug-likeness (QED) is 0.214. The molecule has 3 aromatic carbocycles. The molecule has 3 aromatic rings. The molecule has 0 fully saturated rings. The maximum Gasteiger partial charge on any atom is 0.408 e. The lowest BCUT2D eigenvalue weighted by atomic mass is 9.97. The number of fused-ring (bicyclic) bond motifs is 3. The van der Waals surface area contributed by atoms with E-state index in [4.69, 9.17) is 10.5 Å². The Labute approximate surface area is 246 Å². The van der Waals surface area contributed by atoms with E-state index in [0.29, 0.717) is 12.0 Å². The minimum Gasteiger partial charge on any atom is -0.449 e. The summed E-state index contributed by atoms with van der Waals surface area (Å²) in [6.07, 6.45) is -0.952. The van der Waals surface area contributed by atoms with Crippen molar-refractivity contribution >= 4 is 25.3 Å². The molecule has 0 saturated carbocycles. The Morgan fingerprint density at radius 1 is 0.881 bits per heavy atom. The van der Waals surface area contributed by atoms with Crippen LogP contribution in [-0.2, 0) is 18.9 Å². The Kier molecular flexibility index (Phi) is 9.86. The molecule has 1 aliphatic rings. The van der Waals surface area contributed by atoms with Gasteiger partial charge in [-0.15, -0.1) is 0 Å². The van der Waals surface area contributed by atoms with Crippen LogP contribution >= 0.6 is 7.37 Å². The van der Waals surface area contributed by atoms with Crippen LogP contribution in [0.5, 0.6) is 0 Å². The fourth-order valence-electron chi connectivity index (χ4n) is 5.46. The number of carbonyl (C=O) groups is 3. The molecule has 2 unspecified atom stereocenters. The molecule has 5 N–H and O–H groups in total. The van der Waals surface area contributed by atoms with Crippen LogP contribution in [0.1, 0.15) is 55.6 Å². The average Bonchev–Trinajstić information content (AvgIpc) is 3.28. The number of primary amides is 1. The standard InChI is InChI=1S/C32H38N3O6P/c1-20(2)17-23(30(37)34-21(3)29(33)36)19-42(39,40)31(22-11-5-4-6-12-22)35-32(38)41-18-28-26-15-9-7-13-24(26)25-14-8-10-16-27(25)28/h4-16,20-21,23,28,31H,17-19H2,1-3H3,(H2,33,36)(H,34,37)(H,35,38)(H,39,40)/t21-,23?,31+/m0/s1. The maximum atomic E-state index is 14.0. The number of nitrogens with two attached hydrogens (primary N) is 1. The van der Waals surface area contributed by atoms with Crippen LogP contribution in [0.3, 0.4) is 0 Å². The lowest BCUT2D eigenvalue weighted by Gasteiger charge is -2.28. The van der Waals surface area contributed by atoms with E-state index in [1.54, 1.807) is 30.3 Å². The fourth-order valence-corrected chi connectivity index (χ4v) is 7.56. The average molecular weight is 592 g/mol. The van der Waals surface area contributed by atoms with Gasteiger partial charge in [-0.05, 0) is 47.1 Å². The summed E-state index contributed by atoms with van der Waals surface area (Å²) < 4.78 is 19.6. The lowest BCUT2D eigenvalue weighted by molar-refractivity contribution is -0.129. The highest BCUT2D eigenvalue weighted by Gasteiger charge is 2.39. The van der Waals surface area contributed by atoms with E-state index in [-0.39, 0.29) is 18.4 Å². The van der Waals surface area contributed by atoms with E-state index in [2.05, 4.69) is 10.6 Å². The molecule has 10 heteroatoms. The zero-order chi connectivity index (χ0) is 30.4. The monoisotopic (exact) mass is 591 g/mol. The highest BCUT2D eigenvalue weighted by atomic mass is 31.2. The molecule has 42 heavy (non-hydrogen) atoms. The van der Waals surface area contributed by atoms with Crippen LogP contribution in [-0.4, -0.2) is 41.6 Å². The Hall–Kier alpha value is -3.94. The molecule has 1 aliphatic carbocycles. The van der Waals surface area contributed by atoms with Crippen molar-refractivity contribution in [1.82, 2.24) is 10.6 Å². The number of benzene rings is 3. The molecule has 4 atom stereocenters. The number of hydrogen-bond acceptors (Lipinski definition) is 5. The van der Waals surface area contributed by atoms with Crippen molar-refractivity contribution in [2.24, 2.45) is 17.6 Å². The van der Waals surface area contributed by atoms with Gasteiger partial charge in [0.25, 0.3) is 0 Å². The predicted octanol–water partition coefficient (Wildman–Crippen LogP) is 5.15. The predicted molar refractivity (Wildman–Crippen MR) is 162 cm³/mol. The van der Waals surface area contributed by atoms with Gasteiger partial charge in [0.2, 0.25) is 19.2 Å². The van der Waals surface area contributed by atoms with Crippen LogP contribution in [0.25, 0.3) is 11.1 Å². The second-order valence-electron chi connectivity index (χ2n) is 11.2. The molecule has 0 spiro atoms. The number of hydrogen-bond donors (Lipinski definition) is 4. The molecule has 222 valence electrons. The van der Waals surface area contributed by atoms with Gasteiger partial charge in [-0.1, -0.05) is 92.7 Å². The highest BCUT2D eigenvalue weighted by Crippen LogP contribution is 2.56. The van der Waals surface area contributed by atoms with Crippen LogP contribution in [0.2, 0.25) is 0 Å². The van der Waals surface area contributed by atoms with Gasteiger partial charge < -0.3 is 26.0 Å². The lowest BCUT2D eigenvalue weighted by Crippen LogP contribution is -2.45. The van der Waals surface area contributed by atoms with Crippen molar-refractivity contribution in [3.05, 3.63) is 95.6 Å². The molecule has 0 heterocycles. The first kappa shape index (κ1) is 31.0. The zero-order valence-corrected chi connectivity index (χ0v) is 24.9. The number of nitrogens with one attached hydrogen (secondary N) is 2. The number of alkyl carbamates (subject to hydrolysis) is 1. The van der Waals surface area contributed by atoms with E-state index in [1.165, 1.54) is 6.92 Å². The number of rotatable bonds is 12. The summed E-state index contributed by atoms with van der Waals surface area (Å²) in [7, 11) is -4.26. The second-order valence-corrected chi connectivity index (χ2v) is 13.6. The molecular weight excluding hydrogens is 553 g/mol. The van der Waals surface area contributed by atoms with E-state index in [0.717, 1.165) is 22.3 Å². The summed E-state index contributed by atoms with van der Waals surface area (Å²) in [6, 6.07) is 23.4. The summed E-state index contributed by atoms with van der Waals surface area (Å²) in [4.78, 5) is 49.1. The third-order valence-electron chi connectivity index (χ3n) is 7.51. The summed E-state index contributed by atoms with van der Waals surface area (Å²) in [5.41, 5.74) is 9.98. The molecule has 4 rings (SSSR count). The van der Waals surface area contributed by atoms with E-state index in [1.807, 2.05) is 62.4 Å². The third kappa shape index (κ3) is 7.27. The number of ether oxygens (including phenoxy) is 1. The Morgan fingerprint density at radius 3 is 1.98 bits per heavy atom. The van der Waals surface area contributed by atoms with Crippen LogP contribution in [0.4, 0.5) is 4.79 Å². The first-order valence-corrected chi connectivity index (χ1v) is 16.0. The van der Waals surface area contributed by atoms with Crippen LogP contribution in [0, 0.1) is 11.8 Å². The summed E-state index contributed by atoms with van der Waals surface area (Å²) >= 11 is 0. The molecule has 3 amide bonds. The van der Waals surface area contributed by atoms with Gasteiger partial charge in [0.1, 0.15) is 18.4 Å². The molecule has 0 aliphatic heterocycles. The molecule has 0 saturated heterocycles. The number of carbonyl (C=O) groups excluding carboxylic acids is 3. The van der Waals surface area contributed by atoms with Crippen molar-refractivity contribution < 1.29 is 28.6 Å². The molecule has 0 bridgehead atoms. The maximum absolute atomic E-state index is 14.0. The second kappa shape index (κ2) is 13.4. The Morgan fingerprint density at radius 2 is 1.43 bits per heavy atom. The first-order chi connectivity index (χ1) is 20.0. The van der Waals surface area contributed by atoms with Gasteiger partial charge in [0.15, 0.2) is 0 Å². The number of amides is 3. The van der Waals surface area contributed by atoms with Gasteiger partial charge >= 0.3 is 6.09 Å². The minimum absolute atomic E-state index is 0.0231. The Bertz CT molecular complexity index is 1430. The van der Waals surface area contributed by atoms with Crippen LogP contribution < -0.4 is 16.4 Å². The normalized spacial score (nSPS) is 15.9. The van der Waals surface area contributed by atoms with Gasteiger partial charge in [-0.3, -0.25) is 14.2 Å². The molecular formula is C32H38N3O6P. The van der Waals surface area contributed by atoms with Crippen LogP contribution in [0.15, 0.2) is 78.9 Å². The smallest absolute Gasteiger partial charge is 0.408 e. The first-order valence-electron chi connectivity index (χ1n) is 14.1. The molecule has 9 nitrogen and oxygen atoms in total. The van der Waals surface area contributed by atoms with Crippen molar-refractivity contribution in [3.63, 3.8) is 0 Å². The third-order valence-corrected chi connectivity index (χ3v) is 9.71.